The molecule has 1 saturated heterocycles. The molecule has 0 aromatic carbocycles. The monoisotopic (exact) mass is 255 g/mol. The van der Waals surface area contributed by atoms with Crippen molar-refractivity contribution in [2.75, 3.05) is 6.61 Å². The van der Waals surface area contributed by atoms with Gasteiger partial charge in [0, 0.05) is 12.6 Å². The van der Waals surface area contributed by atoms with Gasteiger partial charge >= 0.3 is 0 Å². The third kappa shape index (κ3) is 2.31. The molecule has 1 unspecified atom stereocenters. The molecule has 96 valence electrons. The Labute approximate surface area is 107 Å². The zero-order chi connectivity index (χ0) is 12.5. The standard InChI is InChI=1S/C12H21N3OS/c1-4-12(5-2)8-10(6-7-16-12)15-9(3)13-14-11(15)17/h10H,4-8H2,1-3H3,(H,14,17). The molecule has 1 aromatic heterocycles. The fourth-order valence-electron chi connectivity index (χ4n) is 2.78. The van der Waals surface area contributed by atoms with Crippen molar-refractivity contribution >= 4 is 12.2 Å². The minimum Gasteiger partial charge on any atom is -0.375 e. The highest BCUT2D eigenvalue weighted by Crippen LogP contribution is 2.37. The van der Waals surface area contributed by atoms with Gasteiger partial charge in [-0.05, 0) is 44.8 Å². The number of aromatic nitrogens is 3. The summed E-state index contributed by atoms with van der Waals surface area (Å²) in [5.41, 5.74) is 0.0292. The van der Waals surface area contributed by atoms with E-state index in [0.717, 1.165) is 42.9 Å². The number of hydrogen-bond donors (Lipinski definition) is 1. The normalized spacial score (nSPS) is 23.8. The first-order chi connectivity index (χ1) is 8.12. The molecular weight excluding hydrogens is 234 g/mol. The lowest BCUT2D eigenvalue weighted by molar-refractivity contribution is -0.0991. The van der Waals surface area contributed by atoms with Gasteiger partial charge in [0.05, 0.1) is 5.60 Å². The van der Waals surface area contributed by atoms with Gasteiger partial charge < -0.3 is 9.30 Å². The van der Waals surface area contributed by atoms with Crippen molar-refractivity contribution in [2.45, 2.75) is 58.1 Å². The van der Waals surface area contributed by atoms with Crippen molar-refractivity contribution in [2.24, 2.45) is 0 Å². The molecule has 4 nitrogen and oxygen atoms in total. The van der Waals surface area contributed by atoms with Gasteiger partial charge in [0.15, 0.2) is 4.77 Å². The quantitative estimate of drug-likeness (QED) is 0.844. The summed E-state index contributed by atoms with van der Waals surface area (Å²) in [6, 6.07) is 0.426. The molecule has 0 radical (unpaired) electrons. The molecule has 0 saturated carbocycles. The van der Waals surface area contributed by atoms with E-state index in [0.29, 0.717) is 6.04 Å². The van der Waals surface area contributed by atoms with E-state index in [9.17, 15) is 0 Å². The molecular formula is C12H21N3OS. The highest BCUT2D eigenvalue weighted by atomic mass is 32.1. The lowest BCUT2D eigenvalue weighted by atomic mass is 9.86. The van der Waals surface area contributed by atoms with E-state index in [1.165, 1.54) is 0 Å². The van der Waals surface area contributed by atoms with E-state index in [4.69, 9.17) is 17.0 Å². The number of nitrogens with zero attached hydrogens (tertiary/aromatic N) is 2. The van der Waals surface area contributed by atoms with Crippen LogP contribution in [0, 0.1) is 11.7 Å². The first kappa shape index (κ1) is 12.8. The van der Waals surface area contributed by atoms with E-state index < -0.39 is 0 Å². The third-order valence-electron chi connectivity index (χ3n) is 4.00. The number of rotatable bonds is 3. The van der Waals surface area contributed by atoms with Crippen LogP contribution in [0.2, 0.25) is 0 Å². The Bertz CT molecular complexity index is 433. The van der Waals surface area contributed by atoms with Crippen molar-refractivity contribution in [3.63, 3.8) is 0 Å². The predicted molar refractivity (Wildman–Crippen MR) is 69.7 cm³/mol. The lowest BCUT2D eigenvalue weighted by Crippen LogP contribution is -2.39. The van der Waals surface area contributed by atoms with Crippen LogP contribution in [0.1, 0.15) is 51.4 Å². The molecule has 2 heterocycles. The second kappa shape index (κ2) is 4.90. The van der Waals surface area contributed by atoms with E-state index >= 15 is 0 Å². The van der Waals surface area contributed by atoms with Crippen LogP contribution in [0.4, 0.5) is 0 Å². The fourth-order valence-corrected chi connectivity index (χ4v) is 3.11. The highest BCUT2D eigenvalue weighted by Gasteiger charge is 2.35. The van der Waals surface area contributed by atoms with Gasteiger partial charge in [0.2, 0.25) is 0 Å². The van der Waals surface area contributed by atoms with Crippen molar-refractivity contribution in [1.82, 2.24) is 14.8 Å². The SMILES string of the molecule is CCC1(CC)CC(n2c(C)n[nH]c2=S)CCO1. The number of H-pyrrole nitrogens is 1. The van der Waals surface area contributed by atoms with Crippen LogP contribution >= 0.6 is 12.2 Å². The second-order valence-electron chi connectivity index (χ2n) is 4.83. The summed E-state index contributed by atoms with van der Waals surface area (Å²) in [7, 11) is 0. The fraction of sp³-hybridized carbons (Fsp3) is 0.833. The Morgan fingerprint density at radius 2 is 2.24 bits per heavy atom. The third-order valence-corrected chi connectivity index (χ3v) is 4.29. The predicted octanol–water partition coefficient (Wildman–Crippen LogP) is 3.16. The first-order valence-electron chi connectivity index (χ1n) is 6.39. The Morgan fingerprint density at radius 1 is 1.53 bits per heavy atom. The number of ether oxygens (including phenoxy) is 1. The minimum absolute atomic E-state index is 0.0292. The zero-order valence-corrected chi connectivity index (χ0v) is 11.6. The second-order valence-corrected chi connectivity index (χ2v) is 5.22. The van der Waals surface area contributed by atoms with Crippen LogP contribution in [0.5, 0.6) is 0 Å². The molecule has 1 aliphatic heterocycles. The molecule has 17 heavy (non-hydrogen) atoms. The number of aromatic amines is 1. The molecule has 0 aliphatic carbocycles. The average Bonchev–Trinajstić information content (AvgIpc) is 2.69. The molecule has 1 atom stereocenters. The topological polar surface area (TPSA) is 42.8 Å². The van der Waals surface area contributed by atoms with Crippen molar-refractivity contribution in [1.29, 1.82) is 0 Å². The number of aryl methyl sites for hydroxylation is 1. The van der Waals surface area contributed by atoms with E-state index in [1.54, 1.807) is 0 Å². The maximum Gasteiger partial charge on any atom is 0.195 e. The Hall–Kier alpha value is -0.680. The molecule has 1 aromatic rings. The molecule has 0 amide bonds. The molecule has 0 bridgehead atoms. The van der Waals surface area contributed by atoms with Crippen molar-refractivity contribution < 1.29 is 4.74 Å². The summed E-state index contributed by atoms with van der Waals surface area (Å²) in [4.78, 5) is 0. The van der Waals surface area contributed by atoms with E-state index in [2.05, 4.69) is 28.6 Å². The van der Waals surface area contributed by atoms with E-state index in [1.807, 2.05) is 6.92 Å². The zero-order valence-electron chi connectivity index (χ0n) is 10.8. The summed E-state index contributed by atoms with van der Waals surface area (Å²) in [5.74, 6) is 0.975. The van der Waals surface area contributed by atoms with Gasteiger partial charge in [0.1, 0.15) is 5.82 Å². The van der Waals surface area contributed by atoms with Crippen LogP contribution in [0.3, 0.4) is 0 Å². The van der Waals surface area contributed by atoms with Gasteiger partial charge in [-0.3, -0.25) is 5.10 Å². The Balaban J connectivity index is 2.26. The Morgan fingerprint density at radius 3 is 2.76 bits per heavy atom. The van der Waals surface area contributed by atoms with Gasteiger partial charge in [-0.2, -0.15) is 5.10 Å². The summed E-state index contributed by atoms with van der Waals surface area (Å²) < 4.78 is 8.88. The summed E-state index contributed by atoms with van der Waals surface area (Å²) >= 11 is 5.31. The largest absolute Gasteiger partial charge is 0.375 e. The smallest absolute Gasteiger partial charge is 0.195 e. The van der Waals surface area contributed by atoms with Gasteiger partial charge in [-0.1, -0.05) is 13.8 Å². The summed E-state index contributed by atoms with van der Waals surface area (Å²) in [6.45, 7) is 7.22. The van der Waals surface area contributed by atoms with Gasteiger partial charge in [-0.25, -0.2) is 0 Å². The van der Waals surface area contributed by atoms with Crippen LogP contribution in [0.15, 0.2) is 0 Å². The molecule has 5 heteroatoms. The van der Waals surface area contributed by atoms with Crippen LogP contribution in [-0.4, -0.2) is 27.0 Å². The van der Waals surface area contributed by atoms with Crippen molar-refractivity contribution in [3.8, 4) is 0 Å². The molecule has 1 N–H and O–H groups in total. The van der Waals surface area contributed by atoms with Gasteiger partial charge in [0.25, 0.3) is 0 Å². The lowest BCUT2D eigenvalue weighted by Gasteiger charge is -2.40. The molecule has 2 rings (SSSR count). The van der Waals surface area contributed by atoms with Crippen LogP contribution < -0.4 is 0 Å². The molecule has 1 fully saturated rings. The van der Waals surface area contributed by atoms with Crippen molar-refractivity contribution in [3.05, 3.63) is 10.6 Å². The summed E-state index contributed by atoms with van der Waals surface area (Å²) in [6.07, 6.45) is 4.18. The minimum atomic E-state index is 0.0292. The molecule has 0 spiro atoms. The van der Waals surface area contributed by atoms with Gasteiger partial charge in [-0.15, -0.1) is 0 Å². The van der Waals surface area contributed by atoms with E-state index in [-0.39, 0.29) is 5.60 Å². The molecule has 1 aliphatic rings. The maximum atomic E-state index is 5.99. The first-order valence-corrected chi connectivity index (χ1v) is 6.80. The van der Waals surface area contributed by atoms with Crippen LogP contribution in [-0.2, 0) is 4.74 Å². The summed E-state index contributed by atoms with van der Waals surface area (Å²) in [5, 5.41) is 7.07. The average molecular weight is 255 g/mol. The maximum absolute atomic E-state index is 5.99. The Kier molecular flexibility index (Phi) is 3.68. The highest BCUT2D eigenvalue weighted by molar-refractivity contribution is 7.71. The number of nitrogens with one attached hydrogen (secondary N) is 1. The number of hydrogen-bond acceptors (Lipinski definition) is 3. The van der Waals surface area contributed by atoms with Crippen LogP contribution in [0.25, 0.3) is 0 Å².